The Hall–Kier alpha value is -5.47. The molecule has 0 atom stereocenters. The highest BCUT2D eigenvalue weighted by atomic mass is 15.1. The fourth-order valence-corrected chi connectivity index (χ4v) is 6.60. The molecule has 0 spiro atoms. The second-order valence-electron chi connectivity index (χ2n) is 13.2. The van der Waals surface area contributed by atoms with Gasteiger partial charge in [-0.25, -0.2) is 4.98 Å². The Morgan fingerprint density at radius 2 is 1.08 bits per heavy atom. The van der Waals surface area contributed by atoms with Gasteiger partial charge in [-0.1, -0.05) is 147 Å². The van der Waals surface area contributed by atoms with Crippen molar-refractivity contribution in [1.82, 2.24) is 9.55 Å². The Labute approximate surface area is 285 Å². The fraction of sp³-hybridized carbons (Fsp3) is 0.152. The van der Waals surface area contributed by atoms with E-state index < -0.39 is 0 Å². The molecule has 0 saturated carbocycles. The van der Waals surface area contributed by atoms with Crippen LogP contribution in [-0.2, 0) is 5.41 Å². The lowest BCUT2D eigenvalue weighted by atomic mass is 9.76. The Balaban J connectivity index is 0.000000131. The van der Waals surface area contributed by atoms with E-state index in [1.807, 2.05) is 24.4 Å². The molecule has 8 aromatic rings. The summed E-state index contributed by atoms with van der Waals surface area (Å²) in [5, 5.41) is 5.23. The molecule has 0 aliphatic heterocycles. The van der Waals surface area contributed by atoms with Gasteiger partial charge in [0, 0.05) is 22.4 Å². The van der Waals surface area contributed by atoms with Crippen molar-refractivity contribution in [1.29, 1.82) is 0 Å². The van der Waals surface area contributed by atoms with Crippen molar-refractivity contribution < 1.29 is 0 Å². The van der Waals surface area contributed by atoms with E-state index >= 15 is 0 Å². The number of aromatic nitrogens is 2. The van der Waals surface area contributed by atoms with Crippen LogP contribution in [0, 0.1) is 27.7 Å². The summed E-state index contributed by atoms with van der Waals surface area (Å²) in [5.74, 6) is 0.962. The minimum atomic E-state index is 0.0685. The fourth-order valence-electron chi connectivity index (χ4n) is 6.60. The predicted molar refractivity (Wildman–Crippen MR) is 206 cm³/mol. The summed E-state index contributed by atoms with van der Waals surface area (Å²) in [6.07, 6.45) is 1.84. The number of aryl methyl sites for hydroxylation is 4. The molecule has 2 heteroatoms. The Morgan fingerprint density at radius 1 is 0.479 bits per heavy atom. The molecular weight excluding hydrogens is 581 g/mol. The van der Waals surface area contributed by atoms with Gasteiger partial charge in [-0.2, -0.15) is 0 Å². The third-order valence-electron chi connectivity index (χ3n) is 9.31. The third kappa shape index (κ3) is 6.80. The van der Waals surface area contributed by atoms with Gasteiger partial charge in [0.1, 0.15) is 5.82 Å². The summed E-state index contributed by atoms with van der Waals surface area (Å²) in [5.41, 5.74) is 10.5. The lowest BCUT2D eigenvalue weighted by Crippen LogP contribution is -2.20. The van der Waals surface area contributed by atoms with Crippen LogP contribution in [0.1, 0.15) is 47.2 Å². The number of para-hydroxylation sites is 1. The maximum absolute atomic E-state index is 4.51. The largest absolute Gasteiger partial charge is 0.294 e. The van der Waals surface area contributed by atoms with Gasteiger partial charge in [0.15, 0.2) is 0 Å². The van der Waals surface area contributed by atoms with Crippen molar-refractivity contribution >= 4 is 32.6 Å². The van der Waals surface area contributed by atoms with E-state index in [0.717, 1.165) is 5.82 Å². The Morgan fingerprint density at radius 3 is 1.81 bits per heavy atom. The number of rotatable bonds is 3. The van der Waals surface area contributed by atoms with Crippen molar-refractivity contribution in [2.45, 2.75) is 47.0 Å². The molecule has 48 heavy (non-hydrogen) atoms. The monoisotopic (exact) mass is 624 g/mol. The van der Waals surface area contributed by atoms with Crippen LogP contribution in [-0.4, -0.2) is 9.55 Å². The topological polar surface area (TPSA) is 17.8 Å². The smallest absolute Gasteiger partial charge is 0.137 e. The van der Waals surface area contributed by atoms with E-state index in [4.69, 9.17) is 0 Å². The summed E-state index contributed by atoms with van der Waals surface area (Å²) in [6.45, 7) is 13.2. The molecule has 0 amide bonds. The van der Waals surface area contributed by atoms with Crippen LogP contribution in [0.3, 0.4) is 0 Å². The second-order valence-corrected chi connectivity index (χ2v) is 13.2. The van der Waals surface area contributed by atoms with Crippen molar-refractivity contribution in [2.75, 3.05) is 0 Å². The maximum Gasteiger partial charge on any atom is 0.137 e. The summed E-state index contributed by atoms with van der Waals surface area (Å²) in [7, 11) is 0. The zero-order valence-electron chi connectivity index (χ0n) is 28.9. The Bertz CT molecular complexity index is 2290. The molecule has 2 nitrogen and oxygen atoms in total. The lowest BCUT2D eigenvalue weighted by Gasteiger charge is -2.28. The minimum Gasteiger partial charge on any atom is -0.294 e. The highest BCUT2D eigenvalue weighted by molar-refractivity contribution is 6.09. The number of hydrogen-bond donors (Lipinski definition) is 0. The Kier molecular flexibility index (Phi) is 9.55. The van der Waals surface area contributed by atoms with E-state index in [-0.39, 0.29) is 5.41 Å². The summed E-state index contributed by atoms with van der Waals surface area (Å²) >= 11 is 0. The number of benzene rings is 6. The first kappa shape index (κ1) is 32.5. The minimum absolute atomic E-state index is 0.0685. The molecule has 0 N–H and O–H groups in total. The highest BCUT2D eigenvalue weighted by Gasteiger charge is 2.24. The van der Waals surface area contributed by atoms with Gasteiger partial charge in [0.25, 0.3) is 0 Å². The first-order chi connectivity index (χ1) is 23.2. The second kappa shape index (κ2) is 14.1. The molecule has 0 unspecified atom stereocenters. The number of fused-ring (bicyclic) bond motifs is 4. The SMILES string of the molecule is Cc1ccc(C(C)(C)c2ccccc2C)cc1.Cc1ccc2c3ccccc3n(-c3ccccn3)c2c1.Cc1cccc2ccccc12. The molecule has 238 valence electrons. The van der Waals surface area contributed by atoms with E-state index in [9.17, 15) is 0 Å². The van der Waals surface area contributed by atoms with Crippen molar-refractivity contribution in [3.63, 3.8) is 0 Å². The average Bonchev–Trinajstić information content (AvgIpc) is 3.43. The van der Waals surface area contributed by atoms with Crippen molar-refractivity contribution in [3.8, 4) is 5.82 Å². The molecule has 2 heterocycles. The van der Waals surface area contributed by atoms with Gasteiger partial charge in [-0.15, -0.1) is 0 Å². The quantitative estimate of drug-likeness (QED) is 0.191. The third-order valence-corrected chi connectivity index (χ3v) is 9.31. The van der Waals surface area contributed by atoms with Crippen LogP contribution in [0.2, 0.25) is 0 Å². The first-order valence-corrected chi connectivity index (χ1v) is 16.7. The standard InChI is InChI=1S/C18H14N2.C17H20.C11H10/c1-13-9-10-15-14-6-2-3-7-16(14)20(17(15)12-13)18-8-4-5-11-19-18;1-13-9-11-15(12-10-13)17(3,4)16-8-6-5-7-14(16)2;1-9-5-4-7-10-6-2-3-8-11(9)10/h2-12H,1H3;5-12H,1-4H3;2-8H,1H3. The van der Waals surface area contributed by atoms with Gasteiger partial charge in [0.05, 0.1) is 11.0 Å². The van der Waals surface area contributed by atoms with Gasteiger partial charge >= 0.3 is 0 Å². The van der Waals surface area contributed by atoms with E-state index in [0.29, 0.717) is 0 Å². The van der Waals surface area contributed by atoms with Crippen molar-refractivity contribution in [2.24, 2.45) is 0 Å². The summed E-state index contributed by atoms with van der Waals surface area (Å²) < 4.78 is 2.23. The van der Waals surface area contributed by atoms with Crippen LogP contribution in [0.5, 0.6) is 0 Å². The molecule has 0 aliphatic carbocycles. The molecule has 0 radical (unpaired) electrons. The molecule has 8 rings (SSSR count). The van der Waals surface area contributed by atoms with E-state index in [2.05, 4.69) is 185 Å². The molecular formula is C46H44N2. The van der Waals surface area contributed by atoms with Crippen molar-refractivity contribution in [3.05, 3.63) is 191 Å². The molecule has 0 aliphatic rings. The summed E-state index contributed by atoms with van der Waals surface area (Å²) in [4.78, 5) is 4.51. The van der Waals surface area contributed by atoms with Crippen LogP contribution in [0.25, 0.3) is 38.4 Å². The molecule has 6 aromatic carbocycles. The van der Waals surface area contributed by atoms with E-state index in [1.165, 1.54) is 66.0 Å². The van der Waals surface area contributed by atoms with Gasteiger partial charge in [0.2, 0.25) is 0 Å². The number of pyridine rings is 1. The van der Waals surface area contributed by atoms with Gasteiger partial charge < -0.3 is 0 Å². The lowest BCUT2D eigenvalue weighted by molar-refractivity contribution is 0.636. The van der Waals surface area contributed by atoms with Crippen LogP contribution in [0.4, 0.5) is 0 Å². The average molecular weight is 625 g/mol. The predicted octanol–water partition coefficient (Wildman–Crippen LogP) is 12.3. The maximum atomic E-state index is 4.51. The van der Waals surface area contributed by atoms with Crippen LogP contribution >= 0.6 is 0 Å². The first-order valence-electron chi connectivity index (χ1n) is 16.7. The molecule has 2 aromatic heterocycles. The zero-order valence-corrected chi connectivity index (χ0v) is 28.9. The normalized spacial score (nSPS) is 11.1. The van der Waals surface area contributed by atoms with Crippen LogP contribution in [0.15, 0.2) is 158 Å². The zero-order chi connectivity index (χ0) is 33.7. The van der Waals surface area contributed by atoms with E-state index in [1.54, 1.807) is 0 Å². The molecule has 0 bridgehead atoms. The van der Waals surface area contributed by atoms with Crippen LogP contribution < -0.4 is 0 Å². The summed E-state index contributed by atoms with van der Waals surface area (Å²) in [6, 6.07) is 53.4. The number of nitrogens with zero attached hydrogens (tertiary/aromatic N) is 2. The number of hydrogen-bond acceptors (Lipinski definition) is 1. The highest BCUT2D eigenvalue weighted by Crippen LogP contribution is 2.34. The molecule has 0 saturated heterocycles. The molecule has 0 fully saturated rings. The van der Waals surface area contributed by atoms with Gasteiger partial charge in [-0.05, 0) is 90.6 Å². The van der Waals surface area contributed by atoms with Gasteiger partial charge in [-0.3, -0.25) is 4.57 Å².